The Morgan fingerprint density at radius 1 is 0.621 bits per heavy atom. The molecule has 0 aliphatic carbocycles. The third-order valence-electron chi connectivity index (χ3n) is 11.1. The van der Waals surface area contributed by atoms with Crippen molar-refractivity contribution >= 4 is 46.8 Å². The lowest BCUT2D eigenvalue weighted by molar-refractivity contribution is -0.121. The Morgan fingerprint density at radius 3 is 1.60 bits per heavy atom. The second-order valence-corrected chi connectivity index (χ2v) is 18.9. The number of likely N-dealkylation sites (tertiary alicyclic amines) is 2. The quantitative estimate of drug-likeness (QED) is 0.201. The van der Waals surface area contributed by atoms with E-state index in [9.17, 15) is 19.2 Å². The number of anilines is 4. The van der Waals surface area contributed by atoms with Crippen molar-refractivity contribution in [2.45, 2.75) is 142 Å². The highest BCUT2D eigenvalue weighted by molar-refractivity contribution is 5.99. The van der Waals surface area contributed by atoms with E-state index in [4.69, 9.17) is 15.2 Å². The summed E-state index contributed by atoms with van der Waals surface area (Å²) in [4.78, 5) is 58.4. The third kappa shape index (κ3) is 9.88. The zero-order valence-corrected chi connectivity index (χ0v) is 35.7. The molecule has 4 atom stereocenters. The summed E-state index contributed by atoms with van der Waals surface area (Å²) in [6, 6.07) is 21.3. The van der Waals surface area contributed by atoms with Crippen molar-refractivity contribution in [3.05, 3.63) is 83.4 Å². The van der Waals surface area contributed by atoms with Crippen LogP contribution in [-0.4, -0.2) is 70.2 Å². The van der Waals surface area contributed by atoms with Crippen LogP contribution < -0.4 is 21.3 Å². The van der Waals surface area contributed by atoms with Crippen LogP contribution >= 0.6 is 0 Å². The molecule has 6 rings (SSSR count). The van der Waals surface area contributed by atoms with E-state index in [0.717, 1.165) is 36.1 Å². The minimum atomic E-state index is -0.669. The van der Waals surface area contributed by atoms with Gasteiger partial charge in [0.15, 0.2) is 0 Å². The van der Waals surface area contributed by atoms with Crippen molar-refractivity contribution in [1.82, 2.24) is 9.80 Å². The molecule has 58 heavy (non-hydrogen) atoms. The van der Waals surface area contributed by atoms with Gasteiger partial charge >= 0.3 is 12.2 Å². The Bertz CT molecular complexity index is 1980. The van der Waals surface area contributed by atoms with E-state index in [1.54, 1.807) is 0 Å². The lowest BCUT2D eigenvalue weighted by atomic mass is 9.87. The molecular weight excluding hydrogens is 733 g/mol. The Kier molecular flexibility index (Phi) is 12.1. The highest BCUT2D eigenvalue weighted by Gasteiger charge is 2.40. The molecule has 3 aromatic carbocycles. The van der Waals surface area contributed by atoms with Crippen LogP contribution in [-0.2, 0) is 24.5 Å². The molecule has 4 N–H and O–H groups in total. The molecule has 3 fully saturated rings. The Hall–Kier alpha value is -5.26. The summed E-state index contributed by atoms with van der Waals surface area (Å²) < 4.78 is 11.2. The van der Waals surface area contributed by atoms with Crippen LogP contribution in [0.2, 0.25) is 0 Å². The van der Waals surface area contributed by atoms with E-state index in [0.29, 0.717) is 49.4 Å². The van der Waals surface area contributed by atoms with E-state index >= 15 is 0 Å². The van der Waals surface area contributed by atoms with Crippen LogP contribution in [0.25, 0.3) is 0 Å². The van der Waals surface area contributed by atoms with Gasteiger partial charge in [0.25, 0.3) is 0 Å². The first kappa shape index (κ1) is 42.3. The molecule has 3 aromatic rings. The van der Waals surface area contributed by atoms with E-state index in [2.05, 4.69) is 72.7 Å². The van der Waals surface area contributed by atoms with Gasteiger partial charge in [-0.15, -0.1) is 0 Å². The van der Waals surface area contributed by atoms with Crippen molar-refractivity contribution < 1.29 is 28.7 Å². The predicted octanol–water partition coefficient (Wildman–Crippen LogP) is 9.33. The zero-order chi connectivity index (χ0) is 42.2. The van der Waals surface area contributed by atoms with Crippen molar-refractivity contribution in [2.24, 2.45) is 0 Å². The first-order chi connectivity index (χ1) is 27.2. The molecule has 3 unspecified atom stereocenters. The molecule has 3 heterocycles. The van der Waals surface area contributed by atoms with Gasteiger partial charge in [0.05, 0.1) is 23.5 Å². The molecule has 3 aliphatic heterocycles. The molecule has 4 amide bonds. The molecule has 12 heteroatoms. The number of nitrogens with zero attached hydrogens (tertiary/aromatic N) is 3. The first-order valence-electron chi connectivity index (χ1n) is 20.7. The van der Waals surface area contributed by atoms with Crippen molar-refractivity contribution in [1.29, 1.82) is 0 Å². The number of carbonyl (C=O) groups excluding carboxylic acids is 4. The average molecular weight is 795 g/mol. The van der Waals surface area contributed by atoms with Gasteiger partial charge in [-0.2, -0.15) is 0 Å². The van der Waals surface area contributed by atoms with Crippen molar-refractivity contribution in [2.75, 3.05) is 34.4 Å². The Morgan fingerprint density at radius 2 is 1.10 bits per heavy atom. The van der Waals surface area contributed by atoms with Gasteiger partial charge in [-0.05, 0) is 139 Å². The third-order valence-corrected chi connectivity index (χ3v) is 11.1. The molecule has 0 saturated carbocycles. The maximum atomic E-state index is 13.7. The SMILES string of the molecule is CC(C)(C)OC(=O)N1CCCC1C(=O)Nc1ccc(C2CCC(c3ccc(N)c(NC(=O)[C@@H]4CCCN4C(=O)OC(C)(C)C)c3)N2c2ccc(C(C)(C)C)cc2)cc1. The van der Waals surface area contributed by atoms with Crippen molar-refractivity contribution in [3.8, 4) is 0 Å². The number of ether oxygens (including phenoxy) is 2. The van der Waals surface area contributed by atoms with Gasteiger partial charge in [-0.1, -0.05) is 51.1 Å². The molecule has 12 nitrogen and oxygen atoms in total. The summed E-state index contributed by atoms with van der Waals surface area (Å²) in [6.45, 7) is 18.4. The lowest BCUT2D eigenvalue weighted by Gasteiger charge is -2.34. The van der Waals surface area contributed by atoms with Crippen LogP contribution in [0.5, 0.6) is 0 Å². The molecule has 0 spiro atoms. The number of nitrogens with one attached hydrogen (secondary N) is 2. The number of rotatable bonds is 7. The summed E-state index contributed by atoms with van der Waals surface area (Å²) in [6.07, 6.45) is 3.31. The summed E-state index contributed by atoms with van der Waals surface area (Å²) in [5.41, 5.74) is 11.2. The summed E-state index contributed by atoms with van der Waals surface area (Å²) in [7, 11) is 0. The number of carbonyl (C=O) groups is 4. The van der Waals surface area contributed by atoms with Gasteiger partial charge in [0.1, 0.15) is 23.3 Å². The maximum absolute atomic E-state index is 13.7. The maximum Gasteiger partial charge on any atom is 0.410 e. The molecule has 0 radical (unpaired) electrons. The van der Waals surface area contributed by atoms with E-state index in [1.165, 1.54) is 15.4 Å². The average Bonchev–Trinajstić information content (AvgIpc) is 3.92. The van der Waals surface area contributed by atoms with Gasteiger partial charge < -0.3 is 30.7 Å². The second-order valence-electron chi connectivity index (χ2n) is 18.9. The summed E-state index contributed by atoms with van der Waals surface area (Å²) >= 11 is 0. The minimum absolute atomic E-state index is 0.00646. The number of hydrogen-bond donors (Lipinski definition) is 3. The van der Waals surface area contributed by atoms with Crippen LogP contribution in [0.3, 0.4) is 0 Å². The van der Waals surface area contributed by atoms with Gasteiger partial charge in [-0.25, -0.2) is 9.59 Å². The molecule has 312 valence electrons. The van der Waals surface area contributed by atoms with Crippen LogP contribution in [0.4, 0.5) is 32.3 Å². The van der Waals surface area contributed by atoms with Gasteiger partial charge in [-0.3, -0.25) is 19.4 Å². The molecule has 3 saturated heterocycles. The second kappa shape index (κ2) is 16.5. The lowest BCUT2D eigenvalue weighted by Crippen LogP contribution is -2.45. The summed E-state index contributed by atoms with van der Waals surface area (Å²) in [5, 5.41) is 6.09. The number of nitrogens with two attached hydrogens (primary N) is 1. The Labute approximate surface area is 343 Å². The summed E-state index contributed by atoms with van der Waals surface area (Å²) in [5.74, 6) is -0.516. The fourth-order valence-corrected chi connectivity index (χ4v) is 8.24. The largest absolute Gasteiger partial charge is 0.444 e. The fourth-order valence-electron chi connectivity index (χ4n) is 8.24. The zero-order valence-electron chi connectivity index (χ0n) is 35.7. The topological polar surface area (TPSA) is 147 Å². The highest BCUT2D eigenvalue weighted by Crippen LogP contribution is 2.48. The van der Waals surface area contributed by atoms with E-state index in [1.807, 2.05) is 71.9 Å². The van der Waals surface area contributed by atoms with Crippen molar-refractivity contribution in [3.63, 3.8) is 0 Å². The molecule has 0 aromatic heterocycles. The first-order valence-corrected chi connectivity index (χ1v) is 20.7. The monoisotopic (exact) mass is 794 g/mol. The van der Waals surface area contributed by atoms with Gasteiger partial charge in [0, 0.05) is 24.5 Å². The van der Waals surface area contributed by atoms with E-state index in [-0.39, 0.29) is 29.3 Å². The van der Waals surface area contributed by atoms with E-state index < -0.39 is 35.5 Å². The van der Waals surface area contributed by atoms with Crippen LogP contribution in [0.1, 0.15) is 130 Å². The van der Waals surface area contributed by atoms with Crippen LogP contribution in [0.15, 0.2) is 66.7 Å². The standard InChI is InChI=1S/C46H62N6O6/c1-44(2,3)31-17-21-33(22-18-31)52-36(29-14-19-32(20-15-29)48-40(53)38-12-10-26-50(38)42(55)57-45(4,5)6)24-25-37(52)30-16-23-34(47)35(28-30)49-41(54)39-13-11-27-51(39)43(56)58-46(7,8)9/h14-23,28,36-39H,10-13,24-27,47H2,1-9H3,(H,48,53)(H,49,54)/t36?,37?,38?,39-/m0/s1. The normalized spacial score (nSPS) is 21.2. The molecule has 0 bridgehead atoms. The number of benzene rings is 3. The molecular formula is C46H62N6O6. The minimum Gasteiger partial charge on any atom is -0.444 e. The highest BCUT2D eigenvalue weighted by atomic mass is 16.6. The van der Waals surface area contributed by atoms with Crippen LogP contribution in [0, 0.1) is 0 Å². The predicted molar refractivity (Wildman–Crippen MR) is 229 cm³/mol. The molecule has 3 aliphatic rings. The smallest absolute Gasteiger partial charge is 0.410 e. The number of amides is 4. The van der Waals surface area contributed by atoms with Gasteiger partial charge in [0.2, 0.25) is 11.8 Å². The number of hydrogen-bond acceptors (Lipinski definition) is 8. The Balaban J connectivity index is 1.23. The number of nitrogen functional groups attached to an aromatic ring is 1. The fraction of sp³-hybridized carbons (Fsp3) is 0.522.